The molecule has 0 unspecified atom stereocenters. The van der Waals surface area contributed by atoms with Crippen LogP contribution in [0, 0.1) is 5.41 Å². The lowest BCUT2D eigenvalue weighted by Crippen LogP contribution is -2.36. The number of carbonyl (C=O) groups excluding carboxylic acids is 2. The minimum Gasteiger partial charge on any atom is -0.490 e. The van der Waals surface area contributed by atoms with Crippen LogP contribution < -0.4 is 11.1 Å². The maximum atomic E-state index is 10.8. The molecule has 0 aromatic heterocycles. The van der Waals surface area contributed by atoms with Crippen LogP contribution in [0.1, 0.15) is 0 Å². The Balaban J connectivity index is 3.89. The van der Waals surface area contributed by atoms with Crippen molar-refractivity contribution in [1.29, 1.82) is 5.41 Å². The summed E-state index contributed by atoms with van der Waals surface area (Å²) >= 11 is 0. The van der Waals surface area contributed by atoms with Crippen molar-refractivity contribution in [2.75, 3.05) is 13.7 Å². The number of hydrogen-bond acceptors (Lipinski definition) is 5. The summed E-state index contributed by atoms with van der Waals surface area (Å²) in [5, 5.41) is 8.89. The molecule has 4 N–H and O–H groups in total. The number of nitrogens with two attached hydrogens (primary N) is 1. The Labute approximate surface area is 80.4 Å². The Morgan fingerprint density at radius 2 is 2.14 bits per heavy atom. The Morgan fingerprint density at radius 3 is 2.57 bits per heavy atom. The van der Waals surface area contributed by atoms with Crippen LogP contribution in [0.25, 0.3) is 0 Å². The molecule has 0 saturated carbocycles. The summed E-state index contributed by atoms with van der Waals surface area (Å²) in [6.45, 7) is 2.82. The third-order valence-corrected chi connectivity index (χ3v) is 1.10. The minimum atomic E-state index is -0.970. The topological polar surface area (TPSA) is 114 Å². The van der Waals surface area contributed by atoms with Crippen molar-refractivity contribution in [2.45, 2.75) is 0 Å². The summed E-state index contributed by atoms with van der Waals surface area (Å²) in [5.41, 5.74) is 4.89. The smallest absolute Gasteiger partial charge is 0.380 e. The van der Waals surface area contributed by atoms with E-state index < -0.39 is 11.9 Å². The van der Waals surface area contributed by atoms with Gasteiger partial charge in [-0.25, -0.2) is 9.59 Å². The van der Waals surface area contributed by atoms with Crippen LogP contribution in [0.15, 0.2) is 12.3 Å². The number of esters is 2. The van der Waals surface area contributed by atoms with Crippen molar-refractivity contribution in [3.63, 3.8) is 0 Å². The highest BCUT2D eigenvalue weighted by atomic mass is 16.6. The zero-order valence-corrected chi connectivity index (χ0v) is 7.62. The second kappa shape index (κ2) is 5.57. The largest absolute Gasteiger partial charge is 0.490 e. The summed E-state index contributed by atoms with van der Waals surface area (Å²) in [7, 11) is 1.22. The Kier molecular flexibility index (Phi) is 4.76. The van der Waals surface area contributed by atoms with Crippen molar-refractivity contribution in [3.8, 4) is 0 Å². The molecule has 0 saturated heterocycles. The van der Waals surface area contributed by atoms with E-state index in [4.69, 9.17) is 11.1 Å². The molecule has 14 heavy (non-hydrogen) atoms. The molecule has 0 atom stereocenters. The molecule has 0 bridgehead atoms. The van der Waals surface area contributed by atoms with Crippen LogP contribution >= 0.6 is 0 Å². The monoisotopic (exact) mass is 201 g/mol. The molecule has 0 spiro atoms. The zero-order valence-electron chi connectivity index (χ0n) is 7.62. The summed E-state index contributed by atoms with van der Waals surface area (Å²) in [5.74, 6) is -2.51. The highest BCUT2D eigenvalue weighted by Crippen LogP contribution is 1.94. The number of guanidine groups is 1. The first-order valence-electron chi connectivity index (χ1n) is 3.53. The van der Waals surface area contributed by atoms with Gasteiger partial charge in [-0.15, -0.1) is 0 Å². The normalized spacial score (nSPS) is 8.64. The maximum absolute atomic E-state index is 10.8. The highest BCUT2D eigenvalue weighted by molar-refractivity contribution is 5.95. The summed E-state index contributed by atoms with van der Waals surface area (Å²) in [6.07, 6.45) is 0. The molecule has 0 aliphatic rings. The van der Waals surface area contributed by atoms with Crippen molar-refractivity contribution < 1.29 is 19.1 Å². The lowest BCUT2D eigenvalue weighted by molar-refractivity contribution is -0.158. The Hall–Kier alpha value is -2.05. The summed E-state index contributed by atoms with van der Waals surface area (Å²) < 4.78 is 8.67. The van der Waals surface area contributed by atoms with Gasteiger partial charge in [0.2, 0.25) is 0 Å². The number of nitrogens with one attached hydrogen (secondary N) is 2. The number of carbonyl (C=O) groups is 2. The van der Waals surface area contributed by atoms with Gasteiger partial charge >= 0.3 is 11.9 Å². The lowest BCUT2D eigenvalue weighted by atomic mass is 10.5. The third kappa shape index (κ3) is 4.75. The van der Waals surface area contributed by atoms with Gasteiger partial charge in [0.15, 0.2) is 11.7 Å². The van der Waals surface area contributed by atoms with Gasteiger partial charge in [0.05, 0.1) is 7.11 Å². The third-order valence-electron chi connectivity index (χ3n) is 1.10. The van der Waals surface area contributed by atoms with E-state index in [2.05, 4.69) is 21.4 Å². The molecule has 7 heteroatoms. The molecule has 0 aromatic rings. The molecular formula is C7H11N3O4. The molecule has 0 aliphatic carbocycles. The number of rotatable bonds is 4. The molecular weight excluding hydrogens is 190 g/mol. The lowest BCUT2D eigenvalue weighted by Gasteiger charge is -2.04. The quantitative estimate of drug-likeness (QED) is 0.130. The fourth-order valence-electron chi connectivity index (χ4n) is 0.447. The molecule has 0 aliphatic heterocycles. The molecule has 0 aromatic carbocycles. The van der Waals surface area contributed by atoms with E-state index in [0.717, 1.165) is 0 Å². The highest BCUT2D eigenvalue weighted by Gasteiger charge is 2.13. The van der Waals surface area contributed by atoms with Gasteiger partial charge in [-0.2, -0.15) is 0 Å². The van der Waals surface area contributed by atoms with Crippen molar-refractivity contribution >= 4 is 17.9 Å². The average Bonchev–Trinajstić information content (AvgIpc) is 2.13. The second-order valence-electron chi connectivity index (χ2n) is 2.16. The summed E-state index contributed by atoms with van der Waals surface area (Å²) in [6, 6.07) is 0. The van der Waals surface area contributed by atoms with E-state index in [1.54, 1.807) is 0 Å². The SMILES string of the molecule is C=C(OC)C(=O)OC(=O)CNC(=N)N. The predicted octanol–water partition coefficient (Wildman–Crippen LogP) is -1.30. The first-order chi connectivity index (χ1) is 6.47. The van der Waals surface area contributed by atoms with E-state index in [9.17, 15) is 9.59 Å². The molecule has 7 nitrogen and oxygen atoms in total. The van der Waals surface area contributed by atoms with Gasteiger partial charge in [0, 0.05) is 0 Å². The van der Waals surface area contributed by atoms with E-state index in [1.807, 2.05) is 0 Å². The average molecular weight is 201 g/mol. The maximum Gasteiger partial charge on any atom is 0.380 e. The van der Waals surface area contributed by atoms with Gasteiger partial charge < -0.3 is 20.5 Å². The summed E-state index contributed by atoms with van der Waals surface area (Å²) in [4.78, 5) is 21.7. The van der Waals surface area contributed by atoms with Crippen LogP contribution in [0.5, 0.6) is 0 Å². The van der Waals surface area contributed by atoms with Crippen LogP contribution in [-0.4, -0.2) is 31.6 Å². The number of methoxy groups -OCH3 is 1. The number of hydrogen-bond donors (Lipinski definition) is 3. The van der Waals surface area contributed by atoms with Crippen LogP contribution in [0.3, 0.4) is 0 Å². The molecule has 0 fully saturated rings. The van der Waals surface area contributed by atoms with Crippen molar-refractivity contribution in [2.24, 2.45) is 5.73 Å². The van der Waals surface area contributed by atoms with E-state index >= 15 is 0 Å². The fraction of sp³-hybridized carbons (Fsp3) is 0.286. The van der Waals surface area contributed by atoms with Gasteiger partial charge in [0.25, 0.3) is 0 Å². The van der Waals surface area contributed by atoms with E-state index in [0.29, 0.717) is 0 Å². The first kappa shape index (κ1) is 11.9. The molecule has 0 radical (unpaired) electrons. The van der Waals surface area contributed by atoms with Crippen molar-refractivity contribution in [1.82, 2.24) is 5.32 Å². The van der Waals surface area contributed by atoms with Crippen molar-refractivity contribution in [3.05, 3.63) is 12.3 Å². The van der Waals surface area contributed by atoms with E-state index in [1.165, 1.54) is 7.11 Å². The van der Waals surface area contributed by atoms with Crippen LogP contribution in [0.2, 0.25) is 0 Å². The van der Waals surface area contributed by atoms with Gasteiger partial charge in [-0.05, 0) is 6.58 Å². The Morgan fingerprint density at radius 1 is 1.57 bits per heavy atom. The van der Waals surface area contributed by atoms with Gasteiger partial charge in [-0.3, -0.25) is 5.41 Å². The van der Waals surface area contributed by atoms with Gasteiger partial charge in [0.1, 0.15) is 6.54 Å². The van der Waals surface area contributed by atoms with Crippen LogP contribution in [-0.2, 0) is 19.1 Å². The van der Waals surface area contributed by atoms with Gasteiger partial charge in [-0.1, -0.05) is 0 Å². The first-order valence-corrected chi connectivity index (χ1v) is 3.53. The van der Waals surface area contributed by atoms with E-state index in [-0.39, 0.29) is 18.3 Å². The second-order valence-corrected chi connectivity index (χ2v) is 2.16. The Bertz CT molecular complexity index is 274. The fourth-order valence-corrected chi connectivity index (χ4v) is 0.447. The number of ether oxygens (including phenoxy) is 2. The minimum absolute atomic E-state index is 0.277. The predicted molar refractivity (Wildman–Crippen MR) is 47.2 cm³/mol. The molecule has 0 amide bonds. The standard InChI is InChI=1S/C7H11N3O4/c1-4(13-2)6(12)14-5(11)3-10-7(8)9/h1,3H2,2H3,(H4,8,9,10). The zero-order chi connectivity index (χ0) is 11.1. The molecule has 0 heterocycles. The van der Waals surface area contributed by atoms with Crippen LogP contribution in [0.4, 0.5) is 0 Å². The molecule has 0 rings (SSSR count). The molecule has 78 valence electrons.